The molecule has 0 radical (unpaired) electrons. The summed E-state index contributed by atoms with van der Waals surface area (Å²) in [5.74, 6) is 0. The smallest absolute Gasteiger partial charge is 0.0546 e. The Morgan fingerprint density at radius 1 is 0.167 bits per heavy atom. The maximum absolute atomic E-state index is 2.48. The van der Waals surface area contributed by atoms with Crippen LogP contribution in [0.15, 0.2) is 364 Å². The van der Waals surface area contributed by atoms with E-state index in [0.29, 0.717) is 0 Å². The van der Waals surface area contributed by atoms with Gasteiger partial charge < -0.3 is 19.6 Å². The van der Waals surface area contributed by atoms with E-state index >= 15 is 0 Å². The largest absolute Gasteiger partial charge is 0.310 e. The van der Waals surface area contributed by atoms with E-state index in [2.05, 4.69) is 467 Å². The highest BCUT2D eigenvalue weighted by Crippen LogP contribution is 2.56. The molecule has 0 atom stereocenters. The van der Waals surface area contributed by atoms with Crippen molar-refractivity contribution in [3.05, 3.63) is 431 Å². The van der Waals surface area contributed by atoms with Gasteiger partial charge >= 0.3 is 0 Å². The molecule has 0 N–H and O–H groups in total. The zero-order valence-corrected chi connectivity index (χ0v) is 74.7. The van der Waals surface area contributed by atoms with E-state index in [9.17, 15) is 0 Å². The van der Waals surface area contributed by atoms with Gasteiger partial charge in [-0.05, 0) is 293 Å². The summed E-state index contributed by atoms with van der Waals surface area (Å²) >= 11 is 0. The summed E-state index contributed by atoms with van der Waals surface area (Å²) in [6.07, 6.45) is 6.95. The minimum atomic E-state index is 1.10. The van der Waals surface area contributed by atoms with Crippen molar-refractivity contribution in [2.75, 3.05) is 19.6 Å². The lowest BCUT2D eigenvalue weighted by atomic mass is 9.85. The first kappa shape index (κ1) is 81.4. The van der Waals surface area contributed by atoms with Crippen LogP contribution in [-0.4, -0.2) is 0 Å². The van der Waals surface area contributed by atoms with Crippen LogP contribution >= 0.6 is 0 Å². The van der Waals surface area contributed by atoms with E-state index in [4.69, 9.17) is 0 Å². The first-order chi connectivity index (χ1) is 61.5. The van der Waals surface area contributed by atoms with E-state index in [1.54, 1.807) is 0 Å². The van der Waals surface area contributed by atoms with Gasteiger partial charge in [0, 0.05) is 88.6 Å². The van der Waals surface area contributed by atoms with E-state index < -0.39 is 0 Å². The highest BCUT2D eigenvalue weighted by Gasteiger charge is 2.30. The molecule has 0 bridgehead atoms. The molecule has 0 aliphatic rings. The van der Waals surface area contributed by atoms with Gasteiger partial charge in [0.25, 0.3) is 0 Å². The van der Waals surface area contributed by atoms with Crippen molar-refractivity contribution >= 4 is 133 Å². The van der Waals surface area contributed by atoms with E-state index in [-0.39, 0.29) is 0 Å². The number of hydrogen-bond acceptors (Lipinski definition) is 4. The van der Waals surface area contributed by atoms with Crippen molar-refractivity contribution in [3.8, 4) is 44.5 Å². The van der Waals surface area contributed by atoms with Gasteiger partial charge in [0.1, 0.15) is 0 Å². The lowest BCUT2D eigenvalue weighted by Crippen LogP contribution is -2.12. The fourth-order valence-corrected chi connectivity index (χ4v) is 18.8. The zero-order chi connectivity index (χ0) is 86.4. The Morgan fingerprint density at radius 3 is 0.484 bits per heavy atom. The highest BCUT2D eigenvalue weighted by atomic mass is 15.2. The molecule has 0 unspecified atom stereocenters. The van der Waals surface area contributed by atoms with E-state index in [1.807, 2.05) is 0 Å². The Labute approximate surface area is 744 Å². The Morgan fingerprint density at radius 2 is 0.317 bits per heavy atom. The monoisotopic (exact) mass is 1630 g/mol. The van der Waals surface area contributed by atoms with Crippen LogP contribution in [0.2, 0.25) is 0 Å². The van der Waals surface area contributed by atoms with Crippen LogP contribution in [-0.2, 0) is 12.8 Å². The molecule has 0 saturated heterocycles. The molecule has 0 aromatic heterocycles. The summed E-state index contributed by atoms with van der Waals surface area (Å²) in [4.78, 5) is 9.86. The van der Waals surface area contributed by atoms with Gasteiger partial charge in [-0.2, -0.15) is 0 Å². The molecule has 0 aliphatic heterocycles. The molecular formula is C122H108N4. The van der Waals surface area contributed by atoms with E-state index in [0.717, 1.165) is 81.1 Å². The molecule has 20 rings (SSSR count). The summed E-state index contributed by atoms with van der Waals surface area (Å²) in [6.45, 7) is 26.2. The number of unbranched alkanes of at least 4 members (excludes halogenated alkanes) is 2. The maximum atomic E-state index is 2.48. The molecular weight excluding hydrogens is 1520 g/mol. The van der Waals surface area contributed by atoms with Crippen molar-refractivity contribution in [3.63, 3.8) is 0 Å². The number of anilines is 12. The molecule has 126 heavy (non-hydrogen) atoms. The van der Waals surface area contributed by atoms with Crippen LogP contribution in [0.1, 0.15) is 106 Å². The van der Waals surface area contributed by atoms with Gasteiger partial charge in [-0.3, -0.25) is 0 Å². The molecule has 0 aliphatic carbocycles. The highest BCUT2D eigenvalue weighted by molar-refractivity contribution is 6.34. The summed E-state index contributed by atoms with van der Waals surface area (Å²) in [5.41, 5.74) is 38.6. The van der Waals surface area contributed by atoms with Crippen LogP contribution in [0.25, 0.3) is 109 Å². The van der Waals surface area contributed by atoms with Crippen LogP contribution in [0.4, 0.5) is 68.2 Å². The number of aryl methyl sites for hydroxylation is 12. The van der Waals surface area contributed by atoms with Gasteiger partial charge in [-0.25, -0.2) is 0 Å². The number of hydrogen-bond donors (Lipinski definition) is 0. The lowest BCUT2D eigenvalue weighted by molar-refractivity contribution is 0.795. The minimum Gasteiger partial charge on any atom is -0.310 e. The third kappa shape index (κ3) is 15.9. The van der Waals surface area contributed by atoms with Crippen LogP contribution in [0.3, 0.4) is 0 Å². The Bertz CT molecular complexity index is 6650. The zero-order valence-electron chi connectivity index (χ0n) is 74.7. The minimum absolute atomic E-state index is 1.10. The second-order valence-electron chi connectivity index (χ2n) is 35.3. The molecule has 0 heterocycles. The third-order valence-corrected chi connectivity index (χ3v) is 25.9. The summed E-state index contributed by atoms with van der Waals surface area (Å²) in [6, 6.07) is 138. The van der Waals surface area contributed by atoms with Crippen molar-refractivity contribution in [1.29, 1.82) is 0 Å². The molecule has 0 amide bonds. The topological polar surface area (TPSA) is 13.0 Å². The normalized spacial score (nSPS) is 11.5. The van der Waals surface area contributed by atoms with Gasteiger partial charge in [-0.15, -0.1) is 0 Å². The van der Waals surface area contributed by atoms with Gasteiger partial charge in [0.2, 0.25) is 0 Å². The Kier molecular flexibility index (Phi) is 22.5. The lowest BCUT2D eigenvalue weighted by Gasteiger charge is -2.31. The predicted octanol–water partition coefficient (Wildman–Crippen LogP) is 35.5. The standard InChI is InChI=1S/C64H60N2.C58H48N2/c1-7-9-11-47-21-25-49(26-22-47)59-41-61(65(51-29-13-43(3)14-30-51)52-31-15-44(4)16-32-52)57-40-38-56-60(50-27-23-48(24-28-50)12-10-8-2)42-62(58-39-37-55(59)63(57)64(56)58)66(53-33-17-45(5)18-34-53)54-35-19-46(6)20-36-54;1-37-7-19-43(20-8-37)53-35-55(59(45-23-11-39(3)12-24-45)46-25-13-40(4)14-26-46)51-34-32-50-54(44-21-9-38(2)10-22-44)36-56(52-33-31-49(53)57(51)58(50)52)60(47-27-15-41(5)16-28-47)48-29-17-42(6)18-30-48/h13-42H,7-12H2,1-6H3;7-36H,1-6H3. The molecule has 0 saturated carbocycles. The molecule has 20 aromatic rings. The molecule has 4 nitrogen and oxygen atoms in total. The SMILES string of the molecule is CCCCc1ccc(-c2cc(N(c3ccc(C)cc3)c3ccc(C)cc3)c3ccc4c(-c5ccc(CCCC)cc5)cc(N(c5ccc(C)cc5)c5ccc(C)cc5)c5ccc2c3c45)cc1.Cc1ccc(-c2cc(N(c3ccc(C)cc3)c3ccc(C)cc3)c3ccc4c(-c5ccc(C)cc5)cc(N(c5ccc(C)cc5)c5ccc(C)cc5)c5ccc2c3c45)cc1. The fourth-order valence-electron chi connectivity index (χ4n) is 18.8. The maximum Gasteiger partial charge on any atom is 0.0546 e. The predicted molar refractivity (Wildman–Crippen MR) is 545 cm³/mol. The van der Waals surface area contributed by atoms with Crippen molar-refractivity contribution in [1.82, 2.24) is 0 Å². The summed E-state index contributed by atoms with van der Waals surface area (Å²) < 4.78 is 0. The molecule has 616 valence electrons. The van der Waals surface area contributed by atoms with Crippen LogP contribution in [0, 0.1) is 69.2 Å². The van der Waals surface area contributed by atoms with Crippen molar-refractivity contribution in [2.45, 2.75) is 122 Å². The summed E-state index contributed by atoms with van der Waals surface area (Å²) in [5, 5.41) is 15.0. The second kappa shape index (κ2) is 34.8. The number of benzene rings is 20. The Balaban J connectivity index is 0.000000165. The molecule has 4 heteroatoms. The van der Waals surface area contributed by atoms with Gasteiger partial charge in [0.15, 0.2) is 0 Å². The van der Waals surface area contributed by atoms with Crippen molar-refractivity contribution < 1.29 is 0 Å². The van der Waals surface area contributed by atoms with Gasteiger partial charge in [0.05, 0.1) is 22.7 Å². The quantitative estimate of drug-likeness (QED) is 0.0627. The van der Waals surface area contributed by atoms with Crippen LogP contribution in [0.5, 0.6) is 0 Å². The first-order valence-electron chi connectivity index (χ1n) is 45.1. The average Bonchev–Trinajstić information content (AvgIpc) is 0.707. The number of nitrogens with zero attached hydrogens (tertiary/aromatic N) is 4. The first-order valence-corrected chi connectivity index (χ1v) is 45.1. The van der Waals surface area contributed by atoms with Gasteiger partial charge in [-0.1, -0.05) is 325 Å². The molecule has 20 aromatic carbocycles. The molecule has 0 spiro atoms. The Hall–Kier alpha value is -14.3. The number of rotatable bonds is 22. The average molecular weight is 1630 g/mol. The van der Waals surface area contributed by atoms with E-state index in [1.165, 1.54) is 202 Å². The fraction of sp³-hybridized carbons (Fsp3) is 0.148. The molecule has 0 fully saturated rings. The van der Waals surface area contributed by atoms with Crippen molar-refractivity contribution in [2.24, 2.45) is 0 Å². The summed E-state index contributed by atoms with van der Waals surface area (Å²) in [7, 11) is 0. The second-order valence-corrected chi connectivity index (χ2v) is 35.3. The third-order valence-electron chi connectivity index (χ3n) is 25.9. The van der Waals surface area contributed by atoms with Crippen LogP contribution < -0.4 is 19.6 Å².